The molecule has 0 heterocycles. The Kier molecular flexibility index (Phi) is 2.60. The lowest BCUT2D eigenvalue weighted by Crippen LogP contribution is -2.51. The van der Waals surface area contributed by atoms with E-state index in [0.717, 1.165) is 25.7 Å². The maximum absolute atomic E-state index is 12.4. The van der Waals surface area contributed by atoms with E-state index in [4.69, 9.17) is 11.6 Å². The molecule has 0 radical (unpaired) electrons. The lowest BCUT2D eigenvalue weighted by atomic mass is 9.47. The predicted octanol–water partition coefficient (Wildman–Crippen LogP) is 4.45. The summed E-state index contributed by atoms with van der Waals surface area (Å²) in [5.41, 5.74) is -0.834. The molecule has 0 aromatic rings. The van der Waals surface area contributed by atoms with Gasteiger partial charge in [0.2, 0.25) is 0 Å². The molecular formula is C21H30O3. The number of ketones is 1. The van der Waals surface area contributed by atoms with E-state index in [9.17, 15) is 9.59 Å². The van der Waals surface area contributed by atoms with Crippen LogP contribution in [0.25, 0.3) is 0 Å². The van der Waals surface area contributed by atoms with E-state index in [-0.39, 0.29) is 53.7 Å². The molecule has 3 nitrogen and oxygen atoms in total. The molecule has 0 saturated heterocycles. The second-order valence-corrected chi connectivity index (χ2v) is 8.58. The van der Waals surface area contributed by atoms with Crippen LogP contribution in [0.15, 0.2) is 11.6 Å². The Bertz CT molecular complexity index is 806. The molecule has 0 spiro atoms. The molecule has 6 atom stereocenters. The summed E-state index contributed by atoms with van der Waals surface area (Å²) < 4.78 is 47.9. The van der Waals surface area contributed by atoms with E-state index in [0.29, 0.717) is 0 Å². The van der Waals surface area contributed by atoms with Crippen molar-refractivity contribution in [1.29, 1.82) is 0 Å². The zero-order chi connectivity index (χ0) is 21.6. The van der Waals surface area contributed by atoms with Crippen molar-refractivity contribution in [3.63, 3.8) is 0 Å². The highest BCUT2D eigenvalue weighted by Gasteiger charge is 2.59. The van der Waals surface area contributed by atoms with Gasteiger partial charge in [-0.1, -0.05) is 19.4 Å². The molecule has 0 aromatic heterocycles. The Balaban J connectivity index is 1.78. The Labute approximate surface area is 152 Å². The number of rotatable bonds is 1. The third-order valence-corrected chi connectivity index (χ3v) is 7.42. The zero-order valence-electron chi connectivity index (χ0n) is 19.8. The van der Waals surface area contributed by atoms with E-state index in [1.807, 2.05) is 6.92 Å². The summed E-state index contributed by atoms with van der Waals surface area (Å²) >= 11 is 0. The van der Waals surface area contributed by atoms with Gasteiger partial charge in [0.15, 0.2) is 5.78 Å². The zero-order valence-corrected chi connectivity index (χ0v) is 14.8. The third kappa shape index (κ3) is 2.23. The van der Waals surface area contributed by atoms with Crippen molar-refractivity contribution in [2.24, 2.45) is 28.6 Å². The van der Waals surface area contributed by atoms with Crippen LogP contribution in [0.4, 0.5) is 0 Å². The van der Waals surface area contributed by atoms with Gasteiger partial charge in [-0.15, -0.1) is 0 Å². The average molecular weight is 335 g/mol. The van der Waals surface area contributed by atoms with Crippen molar-refractivity contribution in [3.8, 4) is 0 Å². The fourth-order valence-corrected chi connectivity index (χ4v) is 6.14. The molecule has 4 rings (SSSR count). The van der Waals surface area contributed by atoms with Crippen molar-refractivity contribution >= 4 is 11.8 Å². The van der Waals surface area contributed by atoms with Crippen LogP contribution < -0.4 is 0 Å². The topological polar surface area (TPSA) is 43.4 Å². The van der Waals surface area contributed by atoms with Gasteiger partial charge in [0.25, 0.3) is 0 Å². The van der Waals surface area contributed by atoms with Crippen LogP contribution in [0.2, 0.25) is 0 Å². The Morgan fingerprint density at radius 2 is 2.00 bits per heavy atom. The third-order valence-electron chi connectivity index (χ3n) is 7.42. The number of ether oxygens (including phenoxy) is 1. The van der Waals surface area contributed by atoms with E-state index in [1.165, 1.54) is 6.92 Å². The van der Waals surface area contributed by atoms with Gasteiger partial charge >= 0.3 is 5.97 Å². The molecule has 4 aliphatic rings. The van der Waals surface area contributed by atoms with Gasteiger partial charge in [-0.3, -0.25) is 9.59 Å². The lowest BCUT2D eigenvalue weighted by Gasteiger charge is -2.57. The lowest BCUT2D eigenvalue weighted by molar-refractivity contribution is -0.157. The summed E-state index contributed by atoms with van der Waals surface area (Å²) in [6, 6.07) is -0.454. The van der Waals surface area contributed by atoms with Gasteiger partial charge < -0.3 is 4.74 Å². The summed E-state index contributed by atoms with van der Waals surface area (Å²) in [4.78, 5) is 24.0. The van der Waals surface area contributed by atoms with Crippen LogP contribution in [0.1, 0.15) is 78.9 Å². The molecule has 0 N–H and O–H groups in total. The number of hydrogen-bond acceptors (Lipinski definition) is 3. The fourth-order valence-electron chi connectivity index (χ4n) is 6.14. The summed E-state index contributed by atoms with van der Waals surface area (Å²) in [7, 11) is 0. The van der Waals surface area contributed by atoms with E-state index < -0.39 is 30.0 Å². The molecule has 3 saturated carbocycles. The van der Waals surface area contributed by atoms with Crippen molar-refractivity contribution in [2.45, 2.75) is 78.1 Å². The summed E-state index contributed by atoms with van der Waals surface area (Å²) in [6.45, 7) is 5.45. The number of esters is 1. The Hall–Kier alpha value is -1.12. The van der Waals surface area contributed by atoms with Crippen molar-refractivity contribution < 1.29 is 21.2 Å². The van der Waals surface area contributed by atoms with Crippen molar-refractivity contribution in [2.75, 3.05) is 0 Å². The maximum atomic E-state index is 12.4. The fraction of sp³-hybridized carbons (Fsp3) is 0.810. The first-order chi connectivity index (χ1) is 13.2. The number of carbonyl (C=O) groups excluding carboxylic acids is 2. The predicted molar refractivity (Wildman–Crippen MR) is 92.3 cm³/mol. The highest BCUT2D eigenvalue weighted by Crippen LogP contribution is 2.65. The minimum Gasteiger partial charge on any atom is -0.462 e. The normalized spacial score (nSPS) is 55.0. The number of allylic oxidation sites excluding steroid dienone is 1. The molecule has 0 unspecified atom stereocenters. The first-order valence-corrected chi connectivity index (χ1v) is 9.18. The van der Waals surface area contributed by atoms with Gasteiger partial charge in [0.1, 0.15) is 6.10 Å². The largest absolute Gasteiger partial charge is 0.462 e. The standard InChI is InChI=1S/C21H30O3/c1-13(22)24-19-7-6-17-16-5-4-14-12-15(23)8-10-20(14,2)18(16)9-11-21(17,19)3/h12,16-19H,4-11H2,1-3H3/t16-,17-,18-,19-,20-,21-/m0/s1/i4D2,8D2,12D. The molecule has 3 fully saturated rings. The van der Waals surface area contributed by atoms with Gasteiger partial charge in [-0.05, 0) is 74.1 Å². The number of fused-ring (bicyclic) bond motifs is 5. The molecular weight excluding hydrogens is 300 g/mol. The van der Waals surface area contributed by atoms with Gasteiger partial charge in [-0.2, -0.15) is 0 Å². The van der Waals surface area contributed by atoms with Crippen molar-refractivity contribution in [1.82, 2.24) is 0 Å². The molecule has 4 aliphatic carbocycles. The first-order valence-electron chi connectivity index (χ1n) is 11.7. The number of hydrogen-bond donors (Lipinski definition) is 0. The monoisotopic (exact) mass is 335 g/mol. The van der Waals surface area contributed by atoms with Gasteiger partial charge in [0.05, 0.1) is 1.37 Å². The molecule has 132 valence electrons. The minimum absolute atomic E-state index is 0.0230. The summed E-state index contributed by atoms with van der Waals surface area (Å²) in [5.74, 6) is -0.928. The van der Waals surface area contributed by atoms with Crippen LogP contribution in [0.5, 0.6) is 0 Å². The second kappa shape index (κ2) is 5.44. The average Bonchev–Trinajstić information content (AvgIpc) is 2.88. The molecule has 0 aliphatic heterocycles. The Morgan fingerprint density at radius 1 is 1.21 bits per heavy atom. The van der Waals surface area contributed by atoms with Crippen LogP contribution in [0.3, 0.4) is 0 Å². The highest BCUT2D eigenvalue weighted by atomic mass is 16.5. The highest BCUT2D eigenvalue weighted by molar-refractivity contribution is 5.91. The summed E-state index contributed by atoms with van der Waals surface area (Å²) in [6.07, 6.45) is -0.692. The smallest absolute Gasteiger partial charge is 0.302 e. The molecule has 3 heteroatoms. The minimum atomic E-state index is -2.13. The van der Waals surface area contributed by atoms with Crippen LogP contribution in [-0.2, 0) is 14.3 Å². The van der Waals surface area contributed by atoms with Gasteiger partial charge in [0, 0.05) is 24.2 Å². The quantitative estimate of drug-likeness (QED) is 0.665. The van der Waals surface area contributed by atoms with Crippen LogP contribution >= 0.6 is 0 Å². The number of carbonyl (C=O) groups is 2. The first kappa shape index (κ1) is 11.5. The van der Waals surface area contributed by atoms with Crippen LogP contribution in [-0.4, -0.2) is 17.9 Å². The van der Waals surface area contributed by atoms with Crippen molar-refractivity contribution in [3.05, 3.63) is 11.6 Å². The Morgan fingerprint density at radius 3 is 2.75 bits per heavy atom. The molecule has 0 amide bonds. The van der Waals surface area contributed by atoms with Gasteiger partial charge in [-0.25, -0.2) is 0 Å². The van der Waals surface area contributed by atoms with E-state index >= 15 is 0 Å². The molecule has 24 heavy (non-hydrogen) atoms. The van der Waals surface area contributed by atoms with E-state index in [1.54, 1.807) is 0 Å². The SMILES string of the molecule is [2H]C1=C2C([2H])([2H])C[C@H]3[C@@H]4CC[C@H](OC(C)=O)[C@@]4(C)CC[C@@H]3[C@@]2(C)CC([2H])([2H])C1=O. The summed E-state index contributed by atoms with van der Waals surface area (Å²) in [5, 5.41) is 0. The molecule has 0 bridgehead atoms. The second-order valence-electron chi connectivity index (χ2n) is 8.58. The maximum Gasteiger partial charge on any atom is 0.302 e. The van der Waals surface area contributed by atoms with Crippen LogP contribution in [0, 0.1) is 28.6 Å². The molecule has 0 aromatic carbocycles. The van der Waals surface area contributed by atoms with E-state index in [2.05, 4.69) is 6.92 Å².